The molecule has 2 aliphatic rings. The fourth-order valence-electron chi connectivity index (χ4n) is 7.87. The maximum Gasteiger partial charge on any atom is 0.419 e. The molecule has 3 heterocycles. The molecule has 0 spiro atoms. The van der Waals surface area contributed by atoms with E-state index in [4.69, 9.17) is 18.9 Å². The molecule has 0 N–H and O–H groups in total. The van der Waals surface area contributed by atoms with Gasteiger partial charge >= 0.3 is 6.18 Å². The lowest BCUT2D eigenvalue weighted by Gasteiger charge is -2.50. The van der Waals surface area contributed by atoms with Crippen molar-refractivity contribution in [3.05, 3.63) is 167 Å². The van der Waals surface area contributed by atoms with Crippen LogP contribution in [0.2, 0.25) is 0 Å². The lowest BCUT2D eigenvalue weighted by atomic mass is 9.90. The van der Waals surface area contributed by atoms with Crippen molar-refractivity contribution in [2.45, 2.75) is 69.8 Å². The van der Waals surface area contributed by atoms with Gasteiger partial charge in [-0.2, -0.15) is 13.2 Å². The molecule has 5 atom stereocenters. The zero-order chi connectivity index (χ0) is 38.6. The highest BCUT2D eigenvalue weighted by molar-refractivity contribution is 5.48. The summed E-state index contributed by atoms with van der Waals surface area (Å²) in [4.78, 5) is 8.43. The van der Waals surface area contributed by atoms with Gasteiger partial charge in [-0.25, -0.2) is 4.98 Å². The fourth-order valence-corrected chi connectivity index (χ4v) is 7.87. The maximum atomic E-state index is 14.1. The van der Waals surface area contributed by atoms with Crippen LogP contribution in [0.15, 0.2) is 140 Å². The van der Waals surface area contributed by atoms with Crippen LogP contribution in [-0.4, -0.2) is 67.0 Å². The number of nitrogens with zero attached hydrogens (tertiary/aromatic N) is 3. The van der Waals surface area contributed by atoms with Crippen molar-refractivity contribution in [2.24, 2.45) is 5.92 Å². The van der Waals surface area contributed by atoms with Gasteiger partial charge in [-0.1, -0.05) is 121 Å². The van der Waals surface area contributed by atoms with Gasteiger partial charge in [0.25, 0.3) is 0 Å². The minimum absolute atomic E-state index is 0.00592. The molecule has 56 heavy (non-hydrogen) atoms. The van der Waals surface area contributed by atoms with Gasteiger partial charge in [0.1, 0.15) is 18.0 Å². The summed E-state index contributed by atoms with van der Waals surface area (Å²) in [5.41, 5.74) is 3.50. The normalized spacial score (nSPS) is 21.9. The van der Waals surface area contributed by atoms with E-state index in [9.17, 15) is 13.2 Å². The molecule has 7 rings (SSSR count). The molecule has 0 saturated carbocycles. The van der Waals surface area contributed by atoms with E-state index in [1.807, 2.05) is 109 Å². The number of halogens is 3. The number of hydrogen-bond acceptors (Lipinski definition) is 7. The van der Waals surface area contributed by atoms with E-state index in [0.29, 0.717) is 59.2 Å². The van der Waals surface area contributed by atoms with Crippen LogP contribution in [0.25, 0.3) is 0 Å². The number of benzene rings is 4. The molecule has 2 fully saturated rings. The number of hydrogen-bond donors (Lipinski definition) is 0. The number of anilines is 1. The molecule has 2 aliphatic heterocycles. The Morgan fingerprint density at radius 1 is 0.607 bits per heavy atom. The number of likely N-dealkylation sites (tertiary alicyclic amines) is 1. The molecule has 294 valence electrons. The van der Waals surface area contributed by atoms with E-state index in [2.05, 4.69) is 22.0 Å². The van der Waals surface area contributed by atoms with Gasteiger partial charge in [0.2, 0.25) is 0 Å². The first-order chi connectivity index (χ1) is 27.4. The monoisotopic (exact) mass is 765 g/mol. The maximum absolute atomic E-state index is 14.1. The van der Waals surface area contributed by atoms with Crippen molar-refractivity contribution in [1.82, 2.24) is 9.88 Å². The van der Waals surface area contributed by atoms with E-state index >= 15 is 0 Å². The van der Waals surface area contributed by atoms with E-state index in [1.54, 1.807) is 4.90 Å². The van der Waals surface area contributed by atoms with Crippen LogP contribution in [0.4, 0.5) is 19.0 Å². The Hall–Kier alpha value is -4.58. The van der Waals surface area contributed by atoms with E-state index in [0.717, 1.165) is 41.2 Å². The average molecular weight is 766 g/mol. The number of ether oxygens (including phenoxy) is 4. The second-order valence-corrected chi connectivity index (χ2v) is 14.7. The molecule has 4 aromatic carbocycles. The van der Waals surface area contributed by atoms with Crippen LogP contribution in [0.5, 0.6) is 0 Å². The summed E-state index contributed by atoms with van der Waals surface area (Å²) in [6.07, 6.45) is -2.71. The summed E-state index contributed by atoms with van der Waals surface area (Å²) in [6, 6.07) is 42.6. The van der Waals surface area contributed by atoms with E-state index in [1.165, 1.54) is 12.3 Å². The van der Waals surface area contributed by atoms with Gasteiger partial charge < -0.3 is 23.8 Å². The van der Waals surface area contributed by atoms with Crippen LogP contribution >= 0.6 is 0 Å². The first-order valence-electron chi connectivity index (χ1n) is 19.5. The summed E-state index contributed by atoms with van der Waals surface area (Å²) in [5.74, 6) is 0.0587. The Balaban J connectivity index is 1.20. The molecule has 5 aromatic rings. The number of rotatable bonds is 16. The third-order valence-corrected chi connectivity index (χ3v) is 10.6. The summed E-state index contributed by atoms with van der Waals surface area (Å²) in [6.45, 7) is 4.04. The molecule has 1 aromatic heterocycles. The SMILES string of the molecule is FC(F)(F)c1cccnc1N1CCC[C@H](CN2C[C@H](OCc3ccccc3)[C@@H](OCc3ccccc3)[C@H](OCc3ccccc3)[C@@H]2COCc2ccccc2)C1. The minimum Gasteiger partial charge on any atom is -0.375 e. The minimum atomic E-state index is -4.49. The lowest BCUT2D eigenvalue weighted by Crippen LogP contribution is -2.65. The highest BCUT2D eigenvalue weighted by Crippen LogP contribution is 2.37. The molecule has 0 aliphatic carbocycles. The number of pyridine rings is 1. The third kappa shape index (κ3) is 10.8. The first-order valence-corrected chi connectivity index (χ1v) is 19.5. The van der Waals surface area contributed by atoms with Crippen molar-refractivity contribution in [3.8, 4) is 0 Å². The van der Waals surface area contributed by atoms with Crippen LogP contribution in [0, 0.1) is 5.92 Å². The smallest absolute Gasteiger partial charge is 0.375 e. The zero-order valence-corrected chi connectivity index (χ0v) is 31.6. The average Bonchev–Trinajstić information content (AvgIpc) is 3.23. The molecule has 2 saturated heterocycles. The molecular formula is C46H50F3N3O4. The number of piperidine rings is 2. The van der Waals surface area contributed by atoms with E-state index < -0.39 is 23.9 Å². The summed E-state index contributed by atoms with van der Waals surface area (Å²) < 4.78 is 69.5. The lowest BCUT2D eigenvalue weighted by molar-refractivity contribution is -0.212. The topological polar surface area (TPSA) is 56.3 Å². The molecule has 0 bridgehead atoms. The Morgan fingerprint density at radius 2 is 1.14 bits per heavy atom. The molecule has 0 amide bonds. The quantitative estimate of drug-likeness (QED) is 0.0995. The largest absolute Gasteiger partial charge is 0.419 e. The molecule has 7 nitrogen and oxygen atoms in total. The second kappa shape index (κ2) is 19.5. The molecule has 10 heteroatoms. The molecule has 0 unspecified atom stereocenters. The Bertz CT molecular complexity index is 1890. The third-order valence-electron chi connectivity index (χ3n) is 10.6. The fraction of sp³-hybridized carbons (Fsp3) is 0.370. The second-order valence-electron chi connectivity index (χ2n) is 14.7. The molecular weight excluding hydrogens is 716 g/mol. The summed E-state index contributed by atoms with van der Waals surface area (Å²) in [7, 11) is 0. The van der Waals surface area contributed by atoms with Crippen molar-refractivity contribution in [3.63, 3.8) is 0 Å². The van der Waals surface area contributed by atoms with Gasteiger partial charge in [-0.05, 0) is 53.1 Å². The van der Waals surface area contributed by atoms with Crippen molar-refractivity contribution < 1.29 is 32.1 Å². The van der Waals surface area contributed by atoms with Crippen LogP contribution in [0.1, 0.15) is 40.7 Å². The van der Waals surface area contributed by atoms with Gasteiger partial charge in [0.15, 0.2) is 0 Å². The van der Waals surface area contributed by atoms with Gasteiger partial charge in [-0.3, -0.25) is 4.90 Å². The standard InChI is InChI=1S/C46H50F3N3O4/c47-46(48,49)40-24-13-25-50-45(40)51-26-14-23-39(27-51)28-52-29-42(54-31-36-17-7-2-8-18-36)44(56-33-38-21-11-4-12-22-38)43(55-32-37-19-9-3-10-20-37)41(52)34-53-30-35-15-5-1-6-16-35/h1-13,15-22,24-25,39,41-44H,14,23,26-34H2/t39-,41-,42-,43+,44+/m0/s1. The summed E-state index contributed by atoms with van der Waals surface area (Å²) >= 11 is 0. The Labute approximate surface area is 328 Å². The predicted molar refractivity (Wildman–Crippen MR) is 211 cm³/mol. The van der Waals surface area contributed by atoms with Crippen molar-refractivity contribution >= 4 is 5.82 Å². The van der Waals surface area contributed by atoms with Crippen molar-refractivity contribution in [2.75, 3.05) is 37.7 Å². The van der Waals surface area contributed by atoms with Crippen molar-refractivity contribution in [1.29, 1.82) is 0 Å². The Kier molecular flexibility index (Phi) is 13.8. The van der Waals surface area contributed by atoms with Gasteiger partial charge in [-0.15, -0.1) is 0 Å². The number of alkyl halides is 3. The van der Waals surface area contributed by atoms with Gasteiger partial charge in [0.05, 0.1) is 50.7 Å². The van der Waals surface area contributed by atoms with Crippen LogP contribution in [-0.2, 0) is 51.6 Å². The predicted octanol–water partition coefficient (Wildman–Crippen LogP) is 8.97. The number of aromatic nitrogens is 1. The Morgan fingerprint density at radius 3 is 1.71 bits per heavy atom. The van der Waals surface area contributed by atoms with Crippen LogP contribution in [0.3, 0.4) is 0 Å². The highest BCUT2D eigenvalue weighted by Gasteiger charge is 2.47. The molecule has 0 radical (unpaired) electrons. The first kappa shape index (κ1) is 39.6. The zero-order valence-electron chi connectivity index (χ0n) is 31.6. The van der Waals surface area contributed by atoms with Crippen LogP contribution < -0.4 is 4.90 Å². The van der Waals surface area contributed by atoms with Gasteiger partial charge in [0, 0.05) is 32.4 Å². The summed E-state index contributed by atoms with van der Waals surface area (Å²) in [5, 5.41) is 0. The highest BCUT2D eigenvalue weighted by atomic mass is 19.4. The van der Waals surface area contributed by atoms with E-state index in [-0.39, 0.29) is 23.9 Å².